The molecule has 0 spiro atoms. The van der Waals surface area contributed by atoms with E-state index in [1.165, 1.54) is 11.3 Å². The van der Waals surface area contributed by atoms with Crippen molar-refractivity contribution in [3.63, 3.8) is 0 Å². The number of nitrogens with zero attached hydrogens (tertiary/aromatic N) is 3. The third kappa shape index (κ3) is 4.48. The second-order valence-electron chi connectivity index (χ2n) is 10.2. The molecule has 6 nitrogen and oxygen atoms in total. The highest BCUT2D eigenvalue weighted by molar-refractivity contribution is 5.94. The van der Waals surface area contributed by atoms with E-state index in [9.17, 15) is 9.59 Å². The number of allylic oxidation sites excluding steroid dienone is 1. The lowest BCUT2D eigenvalue weighted by Crippen LogP contribution is -2.51. The summed E-state index contributed by atoms with van der Waals surface area (Å²) in [5.74, 6) is 0.451. The second-order valence-corrected chi connectivity index (χ2v) is 10.2. The Morgan fingerprint density at radius 1 is 1.09 bits per heavy atom. The number of para-hydroxylation sites is 1. The van der Waals surface area contributed by atoms with Crippen molar-refractivity contribution in [2.45, 2.75) is 58.2 Å². The number of morpholine rings is 1. The van der Waals surface area contributed by atoms with Gasteiger partial charge in [-0.3, -0.25) is 14.5 Å². The molecular formula is C26H37N3O3. The maximum absolute atomic E-state index is 13.0. The summed E-state index contributed by atoms with van der Waals surface area (Å²) in [5, 5.41) is 0. The van der Waals surface area contributed by atoms with Crippen molar-refractivity contribution in [3.05, 3.63) is 41.6 Å². The molecule has 4 rings (SSSR count). The fourth-order valence-electron chi connectivity index (χ4n) is 5.63. The zero-order valence-electron chi connectivity index (χ0n) is 20.1. The first-order valence-corrected chi connectivity index (χ1v) is 11.9. The number of likely N-dealkylation sites (tertiary alicyclic amines) is 1. The van der Waals surface area contributed by atoms with Gasteiger partial charge in [-0.1, -0.05) is 32.0 Å². The summed E-state index contributed by atoms with van der Waals surface area (Å²) in [5.41, 5.74) is 3.28. The Morgan fingerprint density at radius 3 is 2.34 bits per heavy atom. The van der Waals surface area contributed by atoms with Crippen molar-refractivity contribution in [1.82, 2.24) is 9.80 Å². The average molecular weight is 440 g/mol. The molecular weight excluding hydrogens is 402 g/mol. The highest BCUT2D eigenvalue weighted by Crippen LogP contribution is 2.46. The number of benzene rings is 1. The first-order valence-electron chi connectivity index (χ1n) is 11.9. The van der Waals surface area contributed by atoms with Gasteiger partial charge in [-0.25, -0.2) is 0 Å². The number of rotatable bonds is 4. The van der Waals surface area contributed by atoms with Crippen LogP contribution in [0.25, 0.3) is 0 Å². The SMILES string of the molecule is CC1CN(C(=O)C2CCN(CC(=O)/C=C3/N(C)c4ccccc4C3(C)C)CC2)CC(C)O1. The van der Waals surface area contributed by atoms with Crippen LogP contribution in [0.3, 0.4) is 0 Å². The second kappa shape index (κ2) is 8.99. The van der Waals surface area contributed by atoms with Crippen molar-refractivity contribution < 1.29 is 14.3 Å². The standard InChI is InChI=1S/C26H37N3O3/c1-18-15-29(16-19(2)32-18)25(31)20-10-12-28(13-11-20)17-21(30)14-24-26(3,4)22-8-6-7-9-23(22)27(24)5/h6-9,14,18-20H,10-13,15-17H2,1-5H3/b24-14+. The smallest absolute Gasteiger partial charge is 0.225 e. The number of likely N-dealkylation sites (N-methyl/N-ethyl adjacent to an activating group) is 1. The third-order valence-corrected chi connectivity index (χ3v) is 7.29. The molecule has 174 valence electrons. The van der Waals surface area contributed by atoms with Crippen LogP contribution in [0.1, 0.15) is 46.1 Å². The van der Waals surface area contributed by atoms with E-state index in [1.54, 1.807) is 0 Å². The number of piperidine rings is 1. The lowest BCUT2D eigenvalue weighted by Gasteiger charge is -2.39. The van der Waals surface area contributed by atoms with Gasteiger partial charge in [0.05, 0.1) is 18.8 Å². The zero-order chi connectivity index (χ0) is 23.0. The molecule has 3 aliphatic rings. The number of ether oxygens (including phenoxy) is 1. The van der Waals surface area contributed by atoms with Gasteiger partial charge in [0.1, 0.15) is 0 Å². The zero-order valence-corrected chi connectivity index (χ0v) is 20.1. The van der Waals surface area contributed by atoms with Crippen molar-refractivity contribution >= 4 is 17.4 Å². The molecule has 1 amide bonds. The van der Waals surface area contributed by atoms with E-state index in [2.05, 4.69) is 41.8 Å². The van der Waals surface area contributed by atoms with Crippen molar-refractivity contribution in [3.8, 4) is 0 Å². The number of fused-ring (bicyclic) bond motifs is 1. The van der Waals surface area contributed by atoms with Gasteiger partial charge in [0.15, 0.2) is 5.78 Å². The van der Waals surface area contributed by atoms with E-state index in [4.69, 9.17) is 4.74 Å². The Bertz CT molecular complexity index is 891. The van der Waals surface area contributed by atoms with Crippen LogP contribution in [0.4, 0.5) is 5.69 Å². The summed E-state index contributed by atoms with van der Waals surface area (Å²) >= 11 is 0. The van der Waals surface area contributed by atoms with Gasteiger partial charge in [-0.15, -0.1) is 0 Å². The summed E-state index contributed by atoms with van der Waals surface area (Å²) in [6, 6.07) is 8.36. The molecule has 0 aromatic heterocycles. The molecule has 1 aromatic carbocycles. The summed E-state index contributed by atoms with van der Waals surface area (Å²) in [4.78, 5) is 32.3. The number of hydrogen-bond donors (Lipinski definition) is 0. The van der Waals surface area contributed by atoms with Gasteiger partial charge in [0, 0.05) is 48.9 Å². The van der Waals surface area contributed by atoms with E-state index in [0.29, 0.717) is 19.6 Å². The fraction of sp³-hybridized carbons (Fsp3) is 0.615. The Balaban J connectivity index is 1.33. The minimum atomic E-state index is -0.188. The molecule has 2 unspecified atom stereocenters. The van der Waals surface area contributed by atoms with Crippen LogP contribution >= 0.6 is 0 Å². The molecule has 3 aliphatic heterocycles. The predicted molar refractivity (Wildman–Crippen MR) is 127 cm³/mol. The summed E-state index contributed by atoms with van der Waals surface area (Å²) in [6.45, 7) is 11.8. The number of anilines is 1. The first-order chi connectivity index (χ1) is 15.2. The van der Waals surface area contributed by atoms with E-state index in [1.807, 2.05) is 37.9 Å². The van der Waals surface area contributed by atoms with E-state index in [0.717, 1.165) is 31.6 Å². The van der Waals surface area contributed by atoms with Crippen LogP contribution in [-0.4, -0.2) is 73.5 Å². The molecule has 0 aliphatic carbocycles. The minimum absolute atomic E-state index is 0.0617. The Labute approximate surface area is 192 Å². The molecule has 3 heterocycles. The molecule has 2 atom stereocenters. The normalized spacial score (nSPS) is 27.6. The quantitative estimate of drug-likeness (QED) is 0.675. The molecule has 1 aromatic rings. The van der Waals surface area contributed by atoms with Gasteiger partial charge < -0.3 is 14.5 Å². The number of ketones is 1. The van der Waals surface area contributed by atoms with Crippen LogP contribution in [-0.2, 0) is 19.7 Å². The Morgan fingerprint density at radius 2 is 1.72 bits per heavy atom. The highest BCUT2D eigenvalue weighted by atomic mass is 16.5. The topological polar surface area (TPSA) is 53.1 Å². The molecule has 0 radical (unpaired) electrons. The molecule has 6 heteroatoms. The lowest BCUT2D eigenvalue weighted by molar-refractivity contribution is -0.148. The molecule has 0 bridgehead atoms. The molecule has 0 saturated carbocycles. The monoisotopic (exact) mass is 439 g/mol. The Hall–Kier alpha value is -2.18. The number of amides is 1. The van der Waals surface area contributed by atoms with Gasteiger partial charge in [0.25, 0.3) is 0 Å². The van der Waals surface area contributed by atoms with Crippen LogP contribution in [0.2, 0.25) is 0 Å². The van der Waals surface area contributed by atoms with E-state index in [-0.39, 0.29) is 35.2 Å². The van der Waals surface area contributed by atoms with Crippen LogP contribution in [0.5, 0.6) is 0 Å². The molecule has 2 fully saturated rings. The maximum Gasteiger partial charge on any atom is 0.225 e. The van der Waals surface area contributed by atoms with Crippen LogP contribution < -0.4 is 4.90 Å². The van der Waals surface area contributed by atoms with Gasteiger partial charge >= 0.3 is 0 Å². The number of hydrogen-bond acceptors (Lipinski definition) is 5. The largest absolute Gasteiger partial charge is 0.372 e. The van der Waals surface area contributed by atoms with Gasteiger partial charge in [0.2, 0.25) is 5.91 Å². The van der Waals surface area contributed by atoms with Crippen LogP contribution in [0, 0.1) is 5.92 Å². The number of carbonyl (C=O) groups excluding carboxylic acids is 2. The van der Waals surface area contributed by atoms with Crippen LogP contribution in [0.15, 0.2) is 36.0 Å². The summed E-state index contributed by atoms with van der Waals surface area (Å²) in [6.07, 6.45) is 3.66. The Kier molecular flexibility index (Phi) is 6.46. The molecule has 0 N–H and O–H groups in total. The lowest BCUT2D eigenvalue weighted by atomic mass is 9.83. The third-order valence-electron chi connectivity index (χ3n) is 7.29. The van der Waals surface area contributed by atoms with Gasteiger partial charge in [-0.2, -0.15) is 0 Å². The summed E-state index contributed by atoms with van der Waals surface area (Å²) in [7, 11) is 2.04. The van der Waals surface area contributed by atoms with Crippen molar-refractivity contribution in [1.29, 1.82) is 0 Å². The number of carbonyl (C=O) groups is 2. The first kappa shape index (κ1) is 23.0. The van der Waals surface area contributed by atoms with Crippen molar-refractivity contribution in [2.24, 2.45) is 5.92 Å². The average Bonchev–Trinajstić information content (AvgIpc) is 2.94. The van der Waals surface area contributed by atoms with E-state index >= 15 is 0 Å². The molecule has 32 heavy (non-hydrogen) atoms. The fourth-order valence-corrected chi connectivity index (χ4v) is 5.63. The highest BCUT2D eigenvalue weighted by Gasteiger charge is 2.39. The maximum atomic E-state index is 13.0. The van der Waals surface area contributed by atoms with Crippen molar-refractivity contribution in [2.75, 3.05) is 44.7 Å². The molecule has 2 saturated heterocycles. The predicted octanol–water partition coefficient (Wildman–Crippen LogP) is 3.21. The van der Waals surface area contributed by atoms with Gasteiger partial charge in [-0.05, 0) is 51.4 Å². The van der Waals surface area contributed by atoms with E-state index < -0.39 is 0 Å². The minimum Gasteiger partial charge on any atom is -0.372 e. The summed E-state index contributed by atoms with van der Waals surface area (Å²) < 4.78 is 5.76.